The predicted octanol–water partition coefficient (Wildman–Crippen LogP) is 1.11. The van der Waals surface area contributed by atoms with Crippen LogP contribution in [-0.2, 0) is 19.2 Å². The molecule has 0 unspecified atom stereocenters. The van der Waals surface area contributed by atoms with E-state index in [0.29, 0.717) is 24.8 Å². The number of hydrogen-bond donors (Lipinski definition) is 4. The molecule has 3 saturated carbocycles. The molecule has 0 saturated heterocycles. The summed E-state index contributed by atoms with van der Waals surface area (Å²) < 4.78 is 17.3. The van der Waals surface area contributed by atoms with Crippen molar-refractivity contribution in [2.75, 3.05) is 13.2 Å². The van der Waals surface area contributed by atoms with Gasteiger partial charge in [0.2, 0.25) is 5.91 Å². The maximum Gasteiger partial charge on any atom is 0.253 e. The molecule has 8 atom stereocenters. The van der Waals surface area contributed by atoms with Gasteiger partial charge in [-0.05, 0) is 56.6 Å². The Balaban J connectivity index is 1.40. The molecule has 4 N–H and O–H groups in total. The summed E-state index contributed by atoms with van der Waals surface area (Å²) in [5, 5.41) is 38.1. The van der Waals surface area contributed by atoms with Gasteiger partial charge in [-0.1, -0.05) is 25.5 Å². The number of imide groups is 1. The Morgan fingerprint density at radius 3 is 2.50 bits per heavy atom. The van der Waals surface area contributed by atoms with Gasteiger partial charge in [0.05, 0.1) is 18.4 Å². The number of fused-ring (bicyclic) bond motifs is 5. The topological polar surface area (TPSA) is 157 Å². The molecule has 5 rings (SSSR count). The zero-order valence-electron chi connectivity index (χ0n) is 22.9. The van der Waals surface area contributed by atoms with Crippen LogP contribution in [0.5, 0.6) is 0 Å². The first kappa shape index (κ1) is 28.5. The molecule has 11 heteroatoms. The lowest BCUT2D eigenvalue weighted by atomic mass is 9.44. The average molecular weight is 558 g/mol. The number of rotatable bonds is 6. The van der Waals surface area contributed by atoms with Crippen LogP contribution in [0.1, 0.15) is 52.9 Å². The first-order chi connectivity index (χ1) is 18.7. The fourth-order valence-electron chi connectivity index (χ4n) is 8.45. The second-order valence-electron chi connectivity index (χ2n) is 12.3. The number of amides is 3. The Morgan fingerprint density at radius 1 is 1.18 bits per heavy atom. The molecule has 0 aromatic heterocycles. The van der Waals surface area contributed by atoms with Crippen molar-refractivity contribution in [2.45, 2.75) is 70.2 Å². The van der Waals surface area contributed by atoms with Gasteiger partial charge < -0.3 is 15.3 Å². The number of carbonyl (C=O) groups is 4. The minimum atomic E-state index is -2.06. The van der Waals surface area contributed by atoms with Crippen LogP contribution in [-0.4, -0.2) is 80.0 Å². The van der Waals surface area contributed by atoms with Gasteiger partial charge in [-0.15, -0.1) is 0 Å². The smallest absolute Gasteiger partial charge is 0.253 e. The van der Waals surface area contributed by atoms with E-state index in [2.05, 4.69) is 10.5 Å². The third kappa shape index (κ3) is 3.74. The summed E-state index contributed by atoms with van der Waals surface area (Å²) in [7, 11) is 0. The van der Waals surface area contributed by atoms with Gasteiger partial charge in [0.15, 0.2) is 11.5 Å². The number of hydrogen-bond acceptors (Lipinski definition) is 8. The molecular weight excluding hydrogens is 521 g/mol. The van der Waals surface area contributed by atoms with E-state index in [9.17, 15) is 34.5 Å². The third-order valence-electron chi connectivity index (χ3n) is 10.6. The first-order valence-electron chi connectivity index (χ1n) is 13.8. The highest BCUT2D eigenvalue weighted by Gasteiger charge is 2.75. The van der Waals surface area contributed by atoms with Crippen molar-refractivity contribution in [3.05, 3.63) is 36.0 Å². The first-order valence-corrected chi connectivity index (χ1v) is 13.8. The highest BCUT2D eigenvalue weighted by Crippen LogP contribution is 2.70. The fraction of sp³-hybridized carbons (Fsp3) is 0.621. The van der Waals surface area contributed by atoms with Gasteiger partial charge in [0.1, 0.15) is 5.60 Å². The fourth-order valence-corrected chi connectivity index (χ4v) is 8.45. The molecule has 40 heavy (non-hydrogen) atoms. The van der Waals surface area contributed by atoms with Crippen molar-refractivity contribution in [1.29, 1.82) is 0 Å². The van der Waals surface area contributed by atoms with E-state index < -0.39 is 64.4 Å². The van der Waals surface area contributed by atoms with Crippen molar-refractivity contribution in [1.82, 2.24) is 10.3 Å². The van der Waals surface area contributed by atoms with Crippen LogP contribution in [0.15, 0.2) is 41.1 Å². The van der Waals surface area contributed by atoms with Crippen LogP contribution in [0.25, 0.3) is 0 Å². The van der Waals surface area contributed by atoms with Gasteiger partial charge in [-0.25, -0.2) is 9.82 Å². The summed E-state index contributed by atoms with van der Waals surface area (Å²) in [6.45, 7) is 4.45. The largest absolute Gasteiger partial charge is 0.390 e. The Kier molecular flexibility index (Phi) is 6.79. The summed E-state index contributed by atoms with van der Waals surface area (Å²) in [5.41, 5.74) is -3.18. The number of hydrazone groups is 1. The summed E-state index contributed by atoms with van der Waals surface area (Å²) in [6.07, 6.45) is 6.11. The van der Waals surface area contributed by atoms with Crippen molar-refractivity contribution < 1.29 is 38.9 Å². The molecule has 10 nitrogen and oxygen atoms in total. The lowest BCUT2D eigenvalue weighted by Crippen LogP contribution is -2.69. The van der Waals surface area contributed by atoms with E-state index in [0.717, 1.165) is 17.1 Å². The Hall–Kier alpha value is -3.02. The van der Waals surface area contributed by atoms with E-state index >= 15 is 4.39 Å². The van der Waals surface area contributed by atoms with Gasteiger partial charge >= 0.3 is 0 Å². The van der Waals surface area contributed by atoms with Crippen LogP contribution < -0.4 is 5.43 Å². The second kappa shape index (κ2) is 9.53. The highest BCUT2D eigenvalue weighted by molar-refractivity contribution is 6.13. The van der Waals surface area contributed by atoms with Crippen molar-refractivity contribution >= 4 is 29.2 Å². The maximum absolute atomic E-state index is 17.3. The van der Waals surface area contributed by atoms with E-state index in [1.54, 1.807) is 26.8 Å². The maximum atomic E-state index is 17.3. The van der Waals surface area contributed by atoms with E-state index in [1.807, 2.05) is 0 Å². The normalized spacial score (nSPS) is 42.5. The summed E-state index contributed by atoms with van der Waals surface area (Å²) >= 11 is 0. The van der Waals surface area contributed by atoms with Crippen molar-refractivity contribution in [2.24, 2.45) is 33.7 Å². The van der Waals surface area contributed by atoms with E-state index in [1.165, 1.54) is 12.2 Å². The Morgan fingerprint density at radius 2 is 1.85 bits per heavy atom. The lowest BCUT2D eigenvalue weighted by molar-refractivity contribution is -0.209. The third-order valence-corrected chi connectivity index (χ3v) is 10.6. The van der Waals surface area contributed by atoms with Crippen LogP contribution >= 0.6 is 0 Å². The molecule has 0 spiro atoms. The minimum Gasteiger partial charge on any atom is -0.390 e. The molecule has 3 amide bonds. The number of aliphatic hydroxyl groups is 3. The number of ketones is 1. The molecule has 3 fully saturated rings. The zero-order valence-corrected chi connectivity index (χ0v) is 22.9. The SMILES string of the molecule is C[C@@H]1C[C@H]2[C@@H]3CCC4=CC(=O)C=C[C@]4(C)[C@@]3(F)[C@@H](O)C[C@]2(C)[C@@]1(O)/C(CO)=N/NC(=O)CCN1C(=O)C=CC1=O. The Labute approximate surface area is 231 Å². The van der Waals surface area contributed by atoms with Gasteiger partial charge in [-0.3, -0.25) is 24.1 Å². The van der Waals surface area contributed by atoms with Crippen molar-refractivity contribution in [3.63, 3.8) is 0 Å². The van der Waals surface area contributed by atoms with Crippen LogP contribution in [0, 0.1) is 28.6 Å². The zero-order chi connectivity index (χ0) is 29.3. The summed E-state index contributed by atoms with van der Waals surface area (Å²) in [4.78, 5) is 48.9. The summed E-state index contributed by atoms with van der Waals surface area (Å²) in [5.74, 6) is -3.35. The molecule has 0 aromatic carbocycles. The van der Waals surface area contributed by atoms with Gasteiger partial charge in [0.25, 0.3) is 11.8 Å². The van der Waals surface area contributed by atoms with E-state index in [4.69, 9.17) is 0 Å². The number of nitrogens with one attached hydrogen (secondary N) is 1. The molecule has 0 radical (unpaired) electrons. The van der Waals surface area contributed by atoms with E-state index in [-0.39, 0.29) is 36.8 Å². The molecule has 0 bridgehead atoms. The number of carbonyl (C=O) groups excluding carboxylic acids is 4. The predicted molar refractivity (Wildman–Crippen MR) is 141 cm³/mol. The standard InChI is InChI=1S/C29H36FN3O7/c1-16-12-20-19-5-4-17-13-18(35)8-10-26(17,2)28(19,30)22(36)14-27(20,3)29(16,40)21(15-34)31-32-23(37)9-11-33-24(38)6-7-25(33)39/h6-8,10,13,16,19-20,22,34,36,40H,4-5,9,11-12,14-15H2,1-3H3,(H,32,37)/b31-21+/t16-,19+,20+,22+,26+,27+,28+,29+/m1/s1. The number of allylic oxidation sites excluding steroid dienone is 4. The molecule has 5 aliphatic rings. The number of alkyl halides is 1. The van der Waals surface area contributed by atoms with Crippen LogP contribution in [0.4, 0.5) is 4.39 Å². The van der Waals surface area contributed by atoms with Gasteiger partial charge in [-0.2, -0.15) is 5.10 Å². The van der Waals surface area contributed by atoms with Crippen molar-refractivity contribution in [3.8, 4) is 0 Å². The molecule has 216 valence electrons. The lowest BCUT2D eigenvalue weighted by Gasteiger charge is -2.62. The molecule has 0 aromatic rings. The molecule has 4 aliphatic carbocycles. The monoisotopic (exact) mass is 557 g/mol. The molecular formula is C29H36FN3O7. The minimum absolute atomic E-state index is 0.0994. The second-order valence-corrected chi connectivity index (χ2v) is 12.3. The number of aliphatic hydroxyl groups excluding tert-OH is 2. The molecule has 1 heterocycles. The Bertz CT molecular complexity index is 1270. The quantitative estimate of drug-likeness (QED) is 0.217. The highest BCUT2D eigenvalue weighted by atomic mass is 19.1. The van der Waals surface area contributed by atoms with Crippen LogP contribution in [0.2, 0.25) is 0 Å². The summed E-state index contributed by atoms with van der Waals surface area (Å²) in [6, 6.07) is 0. The number of nitrogens with zero attached hydrogens (tertiary/aromatic N) is 2. The van der Waals surface area contributed by atoms with Gasteiger partial charge in [0, 0.05) is 41.9 Å². The van der Waals surface area contributed by atoms with Crippen LogP contribution in [0.3, 0.4) is 0 Å². The molecule has 1 aliphatic heterocycles. The average Bonchev–Trinajstić information content (AvgIpc) is 3.32. The number of halogens is 1.